The smallest absolute Gasteiger partial charge is 0.234 e. The van der Waals surface area contributed by atoms with E-state index in [1.54, 1.807) is 11.0 Å². The molecule has 1 aliphatic carbocycles. The highest BCUT2D eigenvalue weighted by Crippen LogP contribution is 2.36. The Bertz CT molecular complexity index is 779. The molecule has 6 nitrogen and oxygen atoms in total. The number of hydrogen-bond donors (Lipinski definition) is 1. The molecule has 1 heterocycles. The maximum absolute atomic E-state index is 13.1. The molecule has 1 saturated carbocycles. The summed E-state index contributed by atoms with van der Waals surface area (Å²) in [7, 11) is 0. The lowest BCUT2D eigenvalue weighted by Gasteiger charge is -2.17. The first kappa shape index (κ1) is 17.8. The largest absolute Gasteiger partial charge is 0.325 e. The molecule has 1 aromatic heterocycles. The van der Waals surface area contributed by atoms with Crippen LogP contribution >= 0.6 is 23.1 Å². The highest BCUT2D eigenvalue weighted by Gasteiger charge is 2.35. The molecule has 2 amide bonds. The number of carbonyl (C=O) groups is 2. The zero-order chi connectivity index (χ0) is 17.8. The van der Waals surface area contributed by atoms with E-state index in [9.17, 15) is 14.0 Å². The Hall–Kier alpha value is -2.00. The van der Waals surface area contributed by atoms with Crippen LogP contribution in [0.5, 0.6) is 0 Å². The highest BCUT2D eigenvalue weighted by atomic mass is 32.2. The van der Waals surface area contributed by atoms with E-state index in [2.05, 4.69) is 15.5 Å². The highest BCUT2D eigenvalue weighted by molar-refractivity contribution is 8.01. The van der Waals surface area contributed by atoms with Gasteiger partial charge in [0.2, 0.25) is 16.9 Å². The maximum Gasteiger partial charge on any atom is 0.234 e. The number of nitrogens with one attached hydrogen (secondary N) is 1. The van der Waals surface area contributed by atoms with E-state index in [4.69, 9.17) is 0 Å². The number of halogens is 1. The van der Waals surface area contributed by atoms with Crippen molar-refractivity contribution >= 4 is 45.7 Å². The summed E-state index contributed by atoms with van der Waals surface area (Å²) in [6.45, 7) is 1.82. The maximum atomic E-state index is 13.1. The van der Waals surface area contributed by atoms with Crippen LogP contribution in [0.15, 0.2) is 28.6 Å². The summed E-state index contributed by atoms with van der Waals surface area (Å²) >= 11 is 2.55. The summed E-state index contributed by atoms with van der Waals surface area (Å²) in [5.41, 5.74) is 0.414. The van der Waals surface area contributed by atoms with Crippen LogP contribution in [0.3, 0.4) is 0 Å². The molecule has 132 valence electrons. The van der Waals surface area contributed by atoms with Gasteiger partial charge in [0.05, 0.1) is 5.75 Å². The summed E-state index contributed by atoms with van der Waals surface area (Å²) < 4.78 is 13.7. The lowest BCUT2D eigenvalue weighted by atomic mass is 10.3. The lowest BCUT2D eigenvalue weighted by Crippen LogP contribution is -2.32. The molecule has 0 bridgehead atoms. The third-order valence-electron chi connectivity index (χ3n) is 3.52. The van der Waals surface area contributed by atoms with Crippen LogP contribution in [0, 0.1) is 5.82 Å². The van der Waals surface area contributed by atoms with E-state index in [0.29, 0.717) is 21.6 Å². The first-order valence-electron chi connectivity index (χ1n) is 7.90. The number of rotatable bonds is 7. The van der Waals surface area contributed by atoms with Crippen molar-refractivity contribution in [3.05, 3.63) is 30.1 Å². The second kappa shape index (κ2) is 7.92. The van der Waals surface area contributed by atoms with Crippen LogP contribution in [-0.4, -0.2) is 33.8 Å². The molecule has 2 aromatic rings. The minimum Gasteiger partial charge on any atom is -0.325 e. The van der Waals surface area contributed by atoms with Gasteiger partial charge >= 0.3 is 0 Å². The third-order valence-corrected chi connectivity index (χ3v) is 5.58. The number of aromatic nitrogens is 2. The van der Waals surface area contributed by atoms with Crippen molar-refractivity contribution in [2.75, 3.05) is 16.0 Å². The molecule has 0 radical (unpaired) electrons. The van der Waals surface area contributed by atoms with E-state index >= 15 is 0 Å². The number of amides is 2. The van der Waals surface area contributed by atoms with E-state index in [-0.39, 0.29) is 23.6 Å². The monoisotopic (exact) mass is 380 g/mol. The molecule has 9 heteroatoms. The van der Waals surface area contributed by atoms with Gasteiger partial charge in [-0.25, -0.2) is 4.39 Å². The molecule has 1 N–H and O–H groups in total. The van der Waals surface area contributed by atoms with Crippen LogP contribution in [0.1, 0.15) is 26.2 Å². The molecule has 25 heavy (non-hydrogen) atoms. The predicted octanol–water partition coefficient (Wildman–Crippen LogP) is 3.31. The van der Waals surface area contributed by atoms with Crippen LogP contribution in [0.2, 0.25) is 0 Å². The fraction of sp³-hybridized carbons (Fsp3) is 0.375. The number of hydrogen-bond acceptors (Lipinski definition) is 6. The molecule has 0 spiro atoms. The van der Waals surface area contributed by atoms with E-state index in [1.807, 2.05) is 6.92 Å². The SMILES string of the molecule is CCC(=O)N(c1nnc(SCC(=O)Nc2cccc(F)c2)s1)C1CC1. The molecule has 0 saturated heterocycles. The van der Waals surface area contributed by atoms with Crippen molar-refractivity contribution in [2.45, 2.75) is 36.6 Å². The second-order valence-corrected chi connectivity index (χ2v) is 7.72. The molecular weight excluding hydrogens is 363 g/mol. The van der Waals surface area contributed by atoms with E-state index < -0.39 is 5.82 Å². The lowest BCUT2D eigenvalue weighted by molar-refractivity contribution is -0.118. The number of nitrogens with zero attached hydrogens (tertiary/aromatic N) is 3. The molecule has 0 atom stereocenters. The van der Waals surface area contributed by atoms with Crippen molar-refractivity contribution in [2.24, 2.45) is 0 Å². The Morgan fingerprint density at radius 3 is 2.88 bits per heavy atom. The van der Waals surface area contributed by atoms with Gasteiger partial charge < -0.3 is 5.32 Å². The molecule has 3 rings (SSSR count). The van der Waals surface area contributed by atoms with Crippen molar-refractivity contribution < 1.29 is 14.0 Å². The second-order valence-electron chi connectivity index (χ2n) is 5.55. The van der Waals surface area contributed by atoms with Gasteiger partial charge in [-0.15, -0.1) is 10.2 Å². The zero-order valence-corrected chi connectivity index (χ0v) is 15.2. The summed E-state index contributed by atoms with van der Waals surface area (Å²) in [6, 6.07) is 5.96. The normalized spacial score (nSPS) is 13.5. The van der Waals surface area contributed by atoms with E-state index in [1.165, 1.54) is 41.3 Å². The number of benzene rings is 1. The van der Waals surface area contributed by atoms with Crippen LogP contribution in [0.4, 0.5) is 15.2 Å². The van der Waals surface area contributed by atoms with Gasteiger partial charge in [0.15, 0.2) is 4.34 Å². The first-order valence-corrected chi connectivity index (χ1v) is 9.71. The average Bonchev–Trinajstić information content (AvgIpc) is 3.31. The van der Waals surface area contributed by atoms with Gasteiger partial charge in [-0.3, -0.25) is 14.5 Å². The predicted molar refractivity (Wildman–Crippen MR) is 96.5 cm³/mol. The zero-order valence-electron chi connectivity index (χ0n) is 13.6. The number of carbonyl (C=O) groups excluding carboxylic acids is 2. The van der Waals surface area contributed by atoms with Crippen LogP contribution in [0.25, 0.3) is 0 Å². The van der Waals surface area contributed by atoms with Gasteiger partial charge in [0.1, 0.15) is 5.82 Å². The molecule has 0 aliphatic heterocycles. The Kier molecular flexibility index (Phi) is 5.64. The van der Waals surface area contributed by atoms with Crippen molar-refractivity contribution in [3.63, 3.8) is 0 Å². The quantitative estimate of drug-likeness (QED) is 0.589. The van der Waals surface area contributed by atoms with Crippen molar-refractivity contribution in [3.8, 4) is 0 Å². The molecule has 0 unspecified atom stereocenters. The Balaban J connectivity index is 1.56. The summed E-state index contributed by atoms with van der Waals surface area (Å²) in [5, 5.41) is 11.4. The van der Waals surface area contributed by atoms with Gasteiger partial charge in [-0.2, -0.15) is 0 Å². The standard InChI is InChI=1S/C16H17FN4O2S2/c1-2-14(23)21(12-6-7-12)15-19-20-16(25-15)24-9-13(22)18-11-5-3-4-10(17)8-11/h3-5,8,12H,2,6-7,9H2,1H3,(H,18,22). The molecule has 1 aromatic carbocycles. The third kappa shape index (κ3) is 4.76. The molecular formula is C16H17FN4O2S2. The Morgan fingerprint density at radius 2 is 2.20 bits per heavy atom. The van der Waals surface area contributed by atoms with Gasteiger partial charge in [-0.1, -0.05) is 36.1 Å². The summed E-state index contributed by atoms with van der Waals surface area (Å²) in [4.78, 5) is 25.7. The van der Waals surface area contributed by atoms with Gasteiger partial charge in [0.25, 0.3) is 0 Å². The topological polar surface area (TPSA) is 75.2 Å². The molecule has 1 fully saturated rings. The summed E-state index contributed by atoms with van der Waals surface area (Å²) in [5.74, 6) is -0.480. The van der Waals surface area contributed by atoms with Crippen LogP contribution < -0.4 is 10.2 Å². The van der Waals surface area contributed by atoms with Gasteiger partial charge in [-0.05, 0) is 31.0 Å². The Morgan fingerprint density at radius 1 is 1.40 bits per heavy atom. The Labute approximate surface area is 152 Å². The fourth-order valence-corrected chi connectivity index (χ4v) is 3.95. The fourth-order valence-electron chi connectivity index (χ4n) is 2.22. The first-order chi connectivity index (χ1) is 12.1. The minimum absolute atomic E-state index is 0.0408. The number of anilines is 2. The average molecular weight is 380 g/mol. The van der Waals surface area contributed by atoms with Crippen LogP contribution in [-0.2, 0) is 9.59 Å². The van der Waals surface area contributed by atoms with Crippen molar-refractivity contribution in [1.82, 2.24) is 10.2 Å². The van der Waals surface area contributed by atoms with Crippen molar-refractivity contribution in [1.29, 1.82) is 0 Å². The summed E-state index contributed by atoms with van der Waals surface area (Å²) in [6.07, 6.45) is 2.41. The number of thioether (sulfide) groups is 1. The molecule has 1 aliphatic rings. The van der Waals surface area contributed by atoms with Gasteiger partial charge in [0, 0.05) is 18.2 Å². The van der Waals surface area contributed by atoms with E-state index in [0.717, 1.165) is 12.8 Å². The minimum atomic E-state index is -0.403.